The molecule has 286 valence electrons. The van der Waals surface area contributed by atoms with Crippen molar-refractivity contribution in [2.45, 2.75) is 84.2 Å². The lowest BCUT2D eigenvalue weighted by molar-refractivity contribution is -0.0366. The Kier molecular flexibility index (Phi) is 10.6. The van der Waals surface area contributed by atoms with Gasteiger partial charge in [0.25, 0.3) is 0 Å². The van der Waals surface area contributed by atoms with Gasteiger partial charge < -0.3 is 38.8 Å². The van der Waals surface area contributed by atoms with E-state index in [2.05, 4.69) is 21.3 Å². The summed E-state index contributed by atoms with van der Waals surface area (Å²) in [6, 6.07) is 11.9. The summed E-state index contributed by atoms with van der Waals surface area (Å²) in [6.07, 6.45) is 7.53. The van der Waals surface area contributed by atoms with Crippen LogP contribution in [0.4, 0.5) is 16.4 Å². The molecular formula is C40H50N8O6. The number of pyridine rings is 1. The molecular weight excluding hydrogens is 688 g/mol. The topological polar surface area (TPSA) is 138 Å². The van der Waals surface area contributed by atoms with E-state index in [1.165, 1.54) is 0 Å². The van der Waals surface area contributed by atoms with Gasteiger partial charge in [-0.25, -0.2) is 19.4 Å². The number of hydrogen-bond donors (Lipinski definition) is 1. The Labute approximate surface area is 315 Å². The molecule has 5 heterocycles. The fraction of sp³-hybridized carbons (Fsp3) is 0.475. The van der Waals surface area contributed by atoms with Crippen molar-refractivity contribution in [3.05, 3.63) is 60.0 Å². The van der Waals surface area contributed by atoms with E-state index in [1.54, 1.807) is 25.4 Å². The minimum atomic E-state index is -0.557. The minimum Gasteiger partial charge on any atom is -0.497 e. The number of anilines is 2. The van der Waals surface area contributed by atoms with Crippen molar-refractivity contribution in [3.63, 3.8) is 0 Å². The minimum absolute atomic E-state index is 0.0466. The average Bonchev–Trinajstić information content (AvgIpc) is 3.61. The number of benzene rings is 2. The van der Waals surface area contributed by atoms with Gasteiger partial charge in [0, 0.05) is 57.0 Å². The van der Waals surface area contributed by atoms with Crippen LogP contribution in [0.3, 0.4) is 0 Å². The quantitative estimate of drug-likeness (QED) is 0.151. The summed E-state index contributed by atoms with van der Waals surface area (Å²) >= 11 is 0. The Morgan fingerprint density at radius 3 is 2.57 bits per heavy atom. The number of hydrogen-bond acceptors (Lipinski definition) is 12. The van der Waals surface area contributed by atoms with Crippen LogP contribution in [-0.2, 0) is 16.0 Å². The molecule has 1 atom stereocenters. The zero-order valence-corrected chi connectivity index (χ0v) is 32.2. The van der Waals surface area contributed by atoms with E-state index in [1.807, 2.05) is 76.0 Å². The molecule has 2 aliphatic rings. The second kappa shape index (κ2) is 15.5. The van der Waals surface area contributed by atoms with E-state index < -0.39 is 5.60 Å². The maximum atomic E-state index is 12.8. The summed E-state index contributed by atoms with van der Waals surface area (Å²) < 4.78 is 31.7. The molecule has 2 aliphatic heterocycles. The number of fused-ring (bicyclic) bond motifs is 2. The average molecular weight is 739 g/mol. The summed E-state index contributed by atoms with van der Waals surface area (Å²) in [5.41, 5.74) is 2.92. The van der Waals surface area contributed by atoms with Gasteiger partial charge >= 0.3 is 6.09 Å². The Morgan fingerprint density at radius 1 is 1.04 bits per heavy atom. The fourth-order valence-electron chi connectivity index (χ4n) is 7.13. The van der Waals surface area contributed by atoms with E-state index in [9.17, 15) is 4.79 Å². The van der Waals surface area contributed by atoms with E-state index in [-0.39, 0.29) is 18.4 Å². The van der Waals surface area contributed by atoms with Gasteiger partial charge in [-0.05, 0) is 83.6 Å². The zero-order chi connectivity index (χ0) is 38.0. The number of amides is 1. The second-order valence-electron chi connectivity index (χ2n) is 14.9. The lowest BCUT2D eigenvalue weighted by Gasteiger charge is -2.37. The van der Waals surface area contributed by atoms with Gasteiger partial charge in [-0.1, -0.05) is 6.07 Å². The third-order valence-electron chi connectivity index (χ3n) is 10.1. The second-order valence-corrected chi connectivity index (χ2v) is 14.9. The molecule has 3 aromatic heterocycles. The molecule has 54 heavy (non-hydrogen) atoms. The van der Waals surface area contributed by atoms with Gasteiger partial charge in [0.15, 0.2) is 6.23 Å². The Balaban J connectivity index is 1.24. The normalized spacial score (nSPS) is 16.7. The molecule has 0 spiro atoms. The summed E-state index contributed by atoms with van der Waals surface area (Å²) in [5.74, 6) is 3.73. The first-order chi connectivity index (χ1) is 26.0. The van der Waals surface area contributed by atoms with Crippen LogP contribution in [0.15, 0.2) is 48.9 Å². The smallest absolute Gasteiger partial charge is 0.410 e. The van der Waals surface area contributed by atoms with Crippen LogP contribution in [-0.4, -0.2) is 88.3 Å². The SMILES string of the molecule is COc1ccc(CNc2ncnc3cc(N4CCC(N(C)C(=O)OC(C)(C)C)CC4)nc(Oc4c(C)ccc5c4cnn5C4CCCCO4)c23)c(OC)c1. The maximum Gasteiger partial charge on any atom is 0.410 e. The van der Waals surface area contributed by atoms with Crippen molar-refractivity contribution in [1.29, 1.82) is 0 Å². The molecule has 1 unspecified atom stereocenters. The monoisotopic (exact) mass is 738 g/mol. The highest BCUT2D eigenvalue weighted by atomic mass is 16.6. The van der Waals surface area contributed by atoms with Gasteiger partial charge in [-0.15, -0.1) is 0 Å². The number of aryl methyl sites for hydroxylation is 1. The van der Waals surface area contributed by atoms with E-state index in [4.69, 9.17) is 38.8 Å². The zero-order valence-electron chi connectivity index (χ0n) is 32.2. The number of carbonyl (C=O) groups excluding carboxylic acids is 1. The third-order valence-corrected chi connectivity index (χ3v) is 10.1. The number of nitrogens with zero attached hydrogens (tertiary/aromatic N) is 7. The molecule has 1 amide bonds. The lowest BCUT2D eigenvalue weighted by Crippen LogP contribution is -2.47. The summed E-state index contributed by atoms with van der Waals surface area (Å²) in [7, 11) is 5.08. The van der Waals surface area contributed by atoms with Crippen LogP contribution in [0.25, 0.3) is 21.8 Å². The summed E-state index contributed by atoms with van der Waals surface area (Å²) in [4.78, 5) is 31.3. The molecule has 14 heteroatoms. The third kappa shape index (κ3) is 7.79. The number of methoxy groups -OCH3 is 2. The van der Waals surface area contributed by atoms with Crippen LogP contribution in [0.5, 0.6) is 23.1 Å². The number of carbonyl (C=O) groups is 1. The predicted octanol–water partition coefficient (Wildman–Crippen LogP) is 7.64. The molecule has 2 aromatic carbocycles. The van der Waals surface area contributed by atoms with Crippen LogP contribution in [0.1, 0.15) is 70.2 Å². The standard InChI is InChI=1S/C40H50N8O6/c1-25-11-14-31-29(23-44-48(31)34-10-8-9-19-52-34)36(25)53-38-35-30(42-24-43-37(35)41-22-26-12-13-28(50-6)20-32(26)51-7)21-33(45-38)47-17-15-27(16-18-47)46(5)39(49)54-40(2,3)4/h11-14,20-21,23-24,27,34H,8-10,15-19,22H2,1-7H3,(H,41,42,43). The molecule has 2 fully saturated rings. The number of rotatable bonds is 10. The highest BCUT2D eigenvalue weighted by molar-refractivity contribution is 5.96. The van der Waals surface area contributed by atoms with Crippen LogP contribution in [0.2, 0.25) is 0 Å². The summed E-state index contributed by atoms with van der Waals surface area (Å²) in [6.45, 7) is 10.2. The molecule has 0 aliphatic carbocycles. The van der Waals surface area contributed by atoms with Crippen LogP contribution >= 0.6 is 0 Å². The van der Waals surface area contributed by atoms with Crippen molar-refractivity contribution in [2.24, 2.45) is 0 Å². The highest BCUT2D eigenvalue weighted by Gasteiger charge is 2.30. The molecule has 7 rings (SSSR count). The van der Waals surface area contributed by atoms with Gasteiger partial charge in [-0.3, -0.25) is 0 Å². The Morgan fingerprint density at radius 2 is 1.85 bits per heavy atom. The van der Waals surface area contributed by atoms with Crippen molar-refractivity contribution in [2.75, 3.05) is 51.2 Å². The Hall–Kier alpha value is -5.37. The first-order valence-corrected chi connectivity index (χ1v) is 18.6. The fourth-order valence-corrected chi connectivity index (χ4v) is 7.13. The number of aromatic nitrogens is 5. The predicted molar refractivity (Wildman–Crippen MR) is 207 cm³/mol. The summed E-state index contributed by atoms with van der Waals surface area (Å²) in [5, 5.41) is 9.78. The van der Waals surface area contributed by atoms with Gasteiger partial charge in [0.05, 0.1) is 36.8 Å². The van der Waals surface area contributed by atoms with Gasteiger partial charge in [0.2, 0.25) is 5.88 Å². The molecule has 0 bridgehead atoms. The molecule has 5 aromatic rings. The van der Waals surface area contributed by atoms with Crippen molar-refractivity contribution < 1.29 is 28.5 Å². The maximum absolute atomic E-state index is 12.8. The van der Waals surface area contributed by atoms with Crippen molar-refractivity contribution >= 4 is 39.5 Å². The highest BCUT2D eigenvalue weighted by Crippen LogP contribution is 2.40. The molecule has 14 nitrogen and oxygen atoms in total. The number of nitrogens with one attached hydrogen (secondary N) is 1. The molecule has 0 saturated carbocycles. The first-order valence-electron chi connectivity index (χ1n) is 18.6. The lowest BCUT2D eigenvalue weighted by atomic mass is 10.0. The van der Waals surface area contributed by atoms with Crippen LogP contribution < -0.4 is 24.4 Å². The Bertz CT molecular complexity index is 2120. The van der Waals surface area contributed by atoms with E-state index in [0.717, 1.165) is 66.6 Å². The van der Waals surface area contributed by atoms with Crippen molar-refractivity contribution in [1.82, 2.24) is 29.6 Å². The molecule has 0 radical (unpaired) electrons. The van der Waals surface area contributed by atoms with E-state index >= 15 is 0 Å². The largest absolute Gasteiger partial charge is 0.497 e. The van der Waals surface area contributed by atoms with Gasteiger partial charge in [0.1, 0.15) is 46.2 Å². The van der Waals surface area contributed by atoms with Crippen molar-refractivity contribution in [3.8, 4) is 23.1 Å². The molecule has 2 saturated heterocycles. The molecule has 1 N–H and O–H groups in total. The first kappa shape index (κ1) is 37.0. The number of piperidine rings is 1. The van der Waals surface area contributed by atoms with Crippen LogP contribution in [0, 0.1) is 6.92 Å². The van der Waals surface area contributed by atoms with Gasteiger partial charge in [-0.2, -0.15) is 10.1 Å². The number of ether oxygens (including phenoxy) is 5. The van der Waals surface area contributed by atoms with E-state index in [0.29, 0.717) is 59.5 Å².